The minimum atomic E-state index is -0.720. The van der Waals surface area contributed by atoms with Gasteiger partial charge in [-0.05, 0) is 26.3 Å². The fraction of sp³-hybridized carbons (Fsp3) is 0.350. The number of benzene rings is 1. The van der Waals surface area contributed by atoms with Gasteiger partial charge in [0.15, 0.2) is 5.17 Å². The summed E-state index contributed by atoms with van der Waals surface area (Å²) in [6, 6.07) is 4.44. The number of anilines is 1. The molecule has 0 saturated heterocycles. The van der Waals surface area contributed by atoms with Crippen molar-refractivity contribution in [2.75, 3.05) is 17.7 Å². The number of nitrogens with one attached hydrogen (secondary N) is 2. The summed E-state index contributed by atoms with van der Waals surface area (Å²) < 4.78 is 5.22. The van der Waals surface area contributed by atoms with Gasteiger partial charge < -0.3 is 10.1 Å². The SMILES string of the molecule is CCOC(=O)C1=C(C)NC(SCC(=O)Nc2nnc(CC)s2)=N[C@H]1c1cccc(Cl)c1Cl. The van der Waals surface area contributed by atoms with Gasteiger partial charge in [-0.3, -0.25) is 10.1 Å². The van der Waals surface area contributed by atoms with Crippen molar-refractivity contribution < 1.29 is 14.3 Å². The topological polar surface area (TPSA) is 106 Å². The van der Waals surface area contributed by atoms with Crippen molar-refractivity contribution in [1.29, 1.82) is 0 Å². The first-order chi connectivity index (χ1) is 15.3. The molecule has 1 aliphatic heterocycles. The van der Waals surface area contributed by atoms with E-state index < -0.39 is 12.0 Å². The summed E-state index contributed by atoms with van der Waals surface area (Å²) in [5.74, 6) is -0.647. The van der Waals surface area contributed by atoms with E-state index in [2.05, 4.69) is 25.8 Å². The maximum Gasteiger partial charge on any atom is 0.338 e. The van der Waals surface area contributed by atoms with E-state index in [-0.39, 0.29) is 18.3 Å². The summed E-state index contributed by atoms with van der Waals surface area (Å²) >= 11 is 15.1. The zero-order valence-corrected chi connectivity index (χ0v) is 20.7. The van der Waals surface area contributed by atoms with E-state index in [1.165, 1.54) is 23.1 Å². The Labute approximate surface area is 203 Å². The number of thioether (sulfide) groups is 1. The van der Waals surface area contributed by atoms with Crippen molar-refractivity contribution in [3.05, 3.63) is 50.1 Å². The Morgan fingerprint density at radius 3 is 2.75 bits per heavy atom. The number of nitrogens with zero attached hydrogens (tertiary/aromatic N) is 3. The lowest BCUT2D eigenvalue weighted by Crippen LogP contribution is -2.31. The molecule has 1 aromatic heterocycles. The first-order valence-corrected chi connectivity index (χ1v) is 12.3. The average molecular weight is 514 g/mol. The molecule has 3 rings (SSSR count). The highest BCUT2D eigenvalue weighted by Crippen LogP contribution is 2.39. The van der Waals surface area contributed by atoms with Crippen LogP contribution < -0.4 is 10.6 Å². The highest BCUT2D eigenvalue weighted by molar-refractivity contribution is 8.14. The maximum atomic E-state index is 12.6. The summed E-state index contributed by atoms with van der Waals surface area (Å²) in [6.45, 7) is 5.68. The molecule has 8 nitrogen and oxygen atoms in total. The number of allylic oxidation sites excluding steroid dienone is 1. The zero-order valence-electron chi connectivity index (χ0n) is 17.6. The van der Waals surface area contributed by atoms with E-state index in [0.29, 0.717) is 37.2 Å². The van der Waals surface area contributed by atoms with Crippen molar-refractivity contribution in [1.82, 2.24) is 15.5 Å². The molecule has 1 aliphatic rings. The maximum absolute atomic E-state index is 12.6. The van der Waals surface area contributed by atoms with E-state index >= 15 is 0 Å². The number of aromatic nitrogens is 2. The van der Waals surface area contributed by atoms with Crippen LogP contribution in [0, 0.1) is 0 Å². The normalized spacial score (nSPS) is 15.8. The second kappa shape index (κ2) is 11.1. The number of ether oxygens (including phenoxy) is 1. The number of aryl methyl sites for hydroxylation is 1. The van der Waals surface area contributed by atoms with Gasteiger partial charge in [0.05, 0.1) is 28.0 Å². The number of esters is 1. The second-order valence-corrected chi connectivity index (χ2v) is 9.37. The van der Waals surface area contributed by atoms with Gasteiger partial charge >= 0.3 is 5.97 Å². The quantitative estimate of drug-likeness (QED) is 0.520. The van der Waals surface area contributed by atoms with Crippen LogP contribution >= 0.6 is 46.3 Å². The number of carbonyl (C=O) groups is 2. The molecule has 0 fully saturated rings. The molecular weight excluding hydrogens is 493 g/mol. The summed E-state index contributed by atoms with van der Waals surface area (Å²) in [7, 11) is 0. The van der Waals surface area contributed by atoms with E-state index in [0.717, 1.165) is 11.4 Å². The molecule has 0 saturated carbocycles. The molecule has 2 aromatic rings. The van der Waals surface area contributed by atoms with Crippen molar-refractivity contribution >= 4 is 68.5 Å². The largest absolute Gasteiger partial charge is 0.463 e. The number of hydrogen-bond donors (Lipinski definition) is 2. The third-order valence-corrected chi connectivity index (χ3v) is 7.05. The molecule has 2 heterocycles. The van der Waals surface area contributed by atoms with E-state index in [9.17, 15) is 9.59 Å². The van der Waals surface area contributed by atoms with Gasteiger partial charge in [-0.1, -0.05) is 65.4 Å². The third kappa shape index (κ3) is 5.80. The third-order valence-electron chi connectivity index (χ3n) is 4.35. The van der Waals surface area contributed by atoms with Gasteiger partial charge in [-0.25, -0.2) is 9.79 Å². The van der Waals surface area contributed by atoms with Gasteiger partial charge in [0.25, 0.3) is 0 Å². The summed E-state index contributed by atoms with van der Waals surface area (Å²) in [5.41, 5.74) is 1.48. The number of amides is 1. The van der Waals surface area contributed by atoms with Crippen molar-refractivity contribution in [3.63, 3.8) is 0 Å². The summed E-state index contributed by atoms with van der Waals surface area (Å²) in [5, 5.41) is 16.2. The first-order valence-electron chi connectivity index (χ1n) is 9.75. The van der Waals surface area contributed by atoms with Crippen LogP contribution in [-0.2, 0) is 20.7 Å². The van der Waals surface area contributed by atoms with Crippen LogP contribution in [-0.4, -0.2) is 39.6 Å². The number of amidine groups is 1. The van der Waals surface area contributed by atoms with Gasteiger partial charge in [0.2, 0.25) is 11.0 Å². The molecule has 170 valence electrons. The number of rotatable bonds is 7. The van der Waals surface area contributed by atoms with Crippen LogP contribution in [0.25, 0.3) is 0 Å². The van der Waals surface area contributed by atoms with Crippen molar-refractivity contribution in [2.24, 2.45) is 4.99 Å². The average Bonchev–Trinajstić information content (AvgIpc) is 3.21. The molecule has 32 heavy (non-hydrogen) atoms. The molecule has 12 heteroatoms. The Morgan fingerprint density at radius 2 is 2.06 bits per heavy atom. The number of carbonyl (C=O) groups excluding carboxylic acids is 2. The molecule has 0 radical (unpaired) electrons. The van der Waals surface area contributed by atoms with Gasteiger partial charge in [0.1, 0.15) is 11.0 Å². The standard InChI is InChI=1S/C20H21Cl2N5O3S2/c1-4-14-26-27-20(32-14)24-13(28)9-31-19-23-10(3)15(18(29)30-5-2)17(25-19)11-7-6-8-12(21)16(11)22/h6-8,17H,4-5,9H2,1-3H3,(H,23,25)(H,24,27,28)/t17-/m0/s1. The van der Waals surface area contributed by atoms with E-state index in [1.54, 1.807) is 32.0 Å². The zero-order chi connectivity index (χ0) is 23.3. The van der Waals surface area contributed by atoms with Crippen LogP contribution in [0.5, 0.6) is 0 Å². The van der Waals surface area contributed by atoms with Gasteiger partial charge in [-0.15, -0.1) is 10.2 Å². The number of halogens is 2. The Hall–Kier alpha value is -2.14. The lowest BCUT2D eigenvalue weighted by molar-refractivity contribution is -0.139. The Morgan fingerprint density at radius 1 is 1.28 bits per heavy atom. The molecule has 0 unspecified atom stereocenters. The van der Waals surface area contributed by atoms with Crippen LogP contribution in [0.4, 0.5) is 5.13 Å². The summed E-state index contributed by atoms with van der Waals surface area (Å²) in [4.78, 5) is 29.6. The van der Waals surface area contributed by atoms with Gasteiger partial charge in [-0.2, -0.15) is 0 Å². The minimum absolute atomic E-state index is 0.0882. The number of hydrogen-bond acceptors (Lipinski definition) is 9. The van der Waals surface area contributed by atoms with Crippen LogP contribution in [0.15, 0.2) is 34.5 Å². The van der Waals surface area contributed by atoms with Crippen LogP contribution in [0.2, 0.25) is 10.0 Å². The predicted molar refractivity (Wildman–Crippen MR) is 129 cm³/mol. The Bertz CT molecular complexity index is 1090. The molecule has 1 atom stereocenters. The highest BCUT2D eigenvalue weighted by Gasteiger charge is 2.32. The van der Waals surface area contributed by atoms with E-state index in [4.69, 9.17) is 27.9 Å². The Kier molecular flexibility index (Phi) is 8.52. The van der Waals surface area contributed by atoms with E-state index in [1.807, 2.05) is 6.92 Å². The molecule has 2 N–H and O–H groups in total. The first kappa shape index (κ1) is 24.5. The smallest absolute Gasteiger partial charge is 0.338 e. The van der Waals surface area contributed by atoms with Crippen molar-refractivity contribution in [2.45, 2.75) is 33.2 Å². The minimum Gasteiger partial charge on any atom is -0.463 e. The van der Waals surface area contributed by atoms with Crippen LogP contribution in [0.1, 0.15) is 37.4 Å². The second-order valence-electron chi connectivity index (χ2n) is 6.56. The fourth-order valence-electron chi connectivity index (χ4n) is 2.89. The fourth-order valence-corrected chi connectivity index (χ4v) is 4.74. The number of aliphatic imine (C=N–C) groups is 1. The van der Waals surface area contributed by atoms with Crippen LogP contribution in [0.3, 0.4) is 0 Å². The molecule has 1 aromatic carbocycles. The van der Waals surface area contributed by atoms with Crippen molar-refractivity contribution in [3.8, 4) is 0 Å². The molecule has 0 spiro atoms. The predicted octanol–water partition coefficient (Wildman–Crippen LogP) is 4.62. The van der Waals surface area contributed by atoms with Gasteiger partial charge in [0, 0.05) is 11.3 Å². The lowest BCUT2D eigenvalue weighted by atomic mass is 9.96. The molecule has 0 aliphatic carbocycles. The monoisotopic (exact) mass is 513 g/mol. The molecular formula is C20H21Cl2N5O3S2. The molecule has 1 amide bonds. The summed E-state index contributed by atoms with van der Waals surface area (Å²) in [6.07, 6.45) is 0.755. The molecule has 0 bridgehead atoms. The lowest BCUT2D eigenvalue weighted by Gasteiger charge is -2.26. The highest BCUT2D eigenvalue weighted by atomic mass is 35.5. The Balaban J connectivity index is 1.80.